The van der Waals surface area contributed by atoms with E-state index in [1.165, 1.54) is 12.8 Å². The average molecular weight is 258 g/mol. The van der Waals surface area contributed by atoms with E-state index in [0.29, 0.717) is 5.82 Å². The third kappa shape index (κ3) is 2.30. The van der Waals surface area contributed by atoms with Crippen molar-refractivity contribution in [3.8, 4) is 16.9 Å². The van der Waals surface area contributed by atoms with Crippen molar-refractivity contribution in [3.63, 3.8) is 0 Å². The number of ether oxygens (including phenoxy) is 1. The van der Waals surface area contributed by atoms with Crippen molar-refractivity contribution in [2.45, 2.75) is 26.2 Å². The number of nitrogens with zero attached hydrogens (tertiary/aromatic N) is 1. The van der Waals surface area contributed by atoms with Crippen LogP contribution in [-0.4, -0.2) is 12.3 Å². The number of hydrogen-bond donors (Lipinski definition) is 1. The first-order valence-corrected chi connectivity index (χ1v) is 6.58. The Morgan fingerprint density at radius 3 is 2.89 bits per heavy atom. The number of aryl methyl sites for hydroxylation is 1. The molecular formula is C15H18N2O2. The van der Waals surface area contributed by atoms with Gasteiger partial charge in [0, 0.05) is 12.0 Å². The van der Waals surface area contributed by atoms with Gasteiger partial charge in [-0.3, -0.25) is 0 Å². The molecule has 0 unspecified atom stereocenters. The molecule has 1 aliphatic carbocycles. The van der Waals surface area contributed by atoms with Gasteiger partial charge in [0.2, 0.25) is 0 Å². The van der Waals surface area contributed by atoms with Crippen LogP contribution in [0.5, 0.6) is 5.75 Å². The number of hydrogen-bond acceptors (Lipinski definition) is 4. The Balaban J connectivity index is 2.09. The number of benzene rings is 1. The van der Waals surface area contributed by atoms with Crippen LogP contribution in [0.4, 0.5) is 5.82 Å². The van der Waals surface area contributed by atoms with Crippen LogP contribution < -0.4 is 10.5 Å². The highest BCUT2D eigenvalue weighted by Crippen LogP contribution is 2.41. The maximum atomic E-state index is 5.98. The Kier molecular flexibility index (Phi) is 2.93. The molecule has 4 nitrogen and oxygen atoms in total. The third-order valence-corrected chi connectivity index (χ3v) is 3.58. The van der Waals surface area contributed by atoms with Gasteiger partial charge in [-0.15, -0.1) is 0 Å². The van der Waals surface area contributed by atoms with E-state index in [4.69, 9.17) is 15.0 Å². The monoisotopic (exact) mass is 258 g/mol. The van der Waals surface area contributed by atoms with E-state index in [2.05, 4.69) is 11.2 Å². The van der Waals surface area contributed by atoms with Gasteiger partial charge in [0.05, 0.1) is 12.7 Å². The van der Waals surface area contributed by atoms with Crippen LogP contribution in [0.2, 0.25) is 0 Å². The van der Waals surface area contributed by atoms with Gasteiger partial charge >= 0.3 is 0 Å². The number of rotatable bonds is 4. The van der Waals surface area contributed by atoms with Crippen LogP contribution in [0.25, 0.3) is 11.1 Å². The summed E-state index contributed by atoms with van der Waals surface area (Å²) in [5.41, 5.74) is 9.01. The minimum Gasteiger partial charge on any atom is -0.496 e. The molecule has 1 heterocycles. The van der Waals surface area contributed by atoms with Crippen molar-refractivity contribution < 1.29 is 9.26 Å². The zero-order valence-electron chi connectivity index (χ0n) is 11.3. The van der Waals surface area contributed by atoms with Gasteiger partial charge in [-0.05, 0) is 37.8 Å². The van der Waals surface area contributed by atoms with Crippen LogP contribution in [0.1, 0.15) is 24.2 Å². The molecule has 19 heavy (non-hydrogen) atoms. The van der Waals surface area contributed by atoms with E-state index in [1.807, 2.05) is 19.1 Å². The van der Waals surface area contributed by atoms with E-state index in [-0.39, 0.29) is 0 Å². The predicted octanol–water partition coefficient (Wildman–Crippen LogP) is 3.19. The van der Waals surface area contributed by atoms with Gasteiger partial charge in [0.15, 0.2) is 5.82 Å². The largest absolute Gasteiger partial charge is 0.496 e. The highest BCUT2D eigenvalue weighted by atomic mass is 16.5. The van der Waals surface area contributed by atoms with Crippen LogP contribution in [0.3, 0.4) is 0 Å². The quantitative estimate of drug-likeness (QED) is 0.914. The average Bonchev–Trinajstić information content (AvgIpc) is 3.13. The molecule has 1 fully saturated rings. The summed E-state index contributed by atoms with van der Waals surface area (Å²) in [5.74, 6) is 2.85. The molecule has 0 aliphatic heterocycles. The molecule has 4 heteroatoms. The van der Waals surface area contributed by atoms with Crippen LogP contribution >= 0.6 is 0 Å². The second kappa shape index (κ2) is 4.61. The Morgan fingerprint density at radius 2 is 2.21 bits per heavy atom. The maximum absolute atomic E-state index is 5.98. The zero-order chi connectivity index (χ0) is 13.4. The molecule has 0 amide bonds. The summed E-state index contributed by atoms with van der Waals surface area (Å²) in [6.45, 7) is 2.05. The first kappa shape index (κ1) is 12.1. The summed E-state index contributed by atoms with van der Waals surface area (Å²) in [6, 6.07) is 6.04. The molecule has 0 atom stereocenters. The fourth-order valence-electron chi connectivity index (χ4n) is 2.37. The van der Waals surface area contributed by atoms with Crippen molar-refractivity contribution in [2.24, 2.45) is 5.92 Å². The first-order valence-electron chi connectivity index (χ1n) is 6.58. The lowest BCUT2D eigenvalue weighted by Crippen LogP contribution is -1.95. The summed E-state index contributed by atoms with van der Waals surface area (Å²) in [5, 5.41) is 3.93. The third-order valence-electron chi connectivity index (χ3n) is 3.58. The predicted molar refractivity (Wildman–Crippen MR) is 74.1 cm³/mol. The molecule has 1 aliphatic rings. The maximum Gasteiger partial charge on any atom is 0.175 e. The summed E-state index contributed by atoms with van der Waals surface area (Å²) < 4.78 is 10.8. The second-order valence-electron chi connectivity index (χ2n) is 5.22. The molecule has 0 radical (unpaired) electrons. The molecule has 1 aromatic carbocycles. The Morgan fingerprint density at radius 1 is 1.42 bits per heavy atom. The number of anilines is 1. The molecule has 0 saturated heterocycles. The lowest BCUT2D eigenvalue weighted by molar-refractivity contribution is 0.381. The number of aromatic nitrogens is 1. The minimum atomic E-state index is 0.444. The van der Waals surface area contributed by atoms with Gasteiger partial charge in [-0.25, -0.2) is 0 Å². The van der Waals surface area contributed by atoms with Crippen molar-refractivity contribution >= 4 is 5.82 Å². The molecular weight excluding hydrogens is 240 g/mol. The molecule has 2 aromatic rings. The van der Waals surface area contributed by atoms with E-state index in [0.717, 1.165) is 40.5 Å². The molecule has 1 aromatic heterocycles. The summed E-state index contributed by atoms with van der Waals surface area (Å²) >= 11 is 0. The van der Waals surface area contributed by atoms with Gasteiger partial charge < -0.3 is 15.0 Å². The summed E-state index contributed by atoms with van der Waals surface area (Å²) in [6.07, 6.45) is 3.45. The van der Waals surface area contributed by atoms with Crippen molar-refractivity contribution in [1.82, 2.24) is 5.16 Å². The van der Waals surface area contributed by atoms with Gasteiger partial charge in [-0.1, -0.05) is 16.8 Å². The number of methoxy groups -OCH3 is 1. The molecule has 3 rings (SSSR count). The Bertz CT molecular complexity index is 600. The molecule has 100 valence electrons. The SMILES string of the molecule is COc1ccc(C)cc1-c1c(N)noc1CC1CC1. The van der Waals surface area contributed by atoms with Crippen LogP contribution in [0, 0.1) is 12.8 Å². The normalized spacial score (nSPS) is 14.6. The first-order chi connectivity index (χ1) is 9.19. The van der Waals surface area contributed by atoms with Gasteiger partial charge in [0.25, 0.3) is 0 Å². The molecule has 1 saturated carbocycles. The van der Waals surface area contributed by atoms with Crippen LogP contribution in [-0.2, 0) is 6.42 Å². The van der Waals surface area contributed by atoms with E-state index >= 15 is 0 Å². The minimum absolute atomic E-state index is 0.444. The smallest absolute Gasteiger partial charge is 0.175 e. The lowest BCUT2D eigenvalue weighted by atomic mass is 10.00. The summed E-state index contributed by atoms with van der Waals surface area (Å²) in [7, 11) is 1.67. The van der Waals surface area contributed by atoms with E-state index in [1.54, 1.807) is 7.11 Å². The molecule has 0 spiro atoms. The lowest BCUT2D eigenvalue weighted by Gasteiger charge is -2.09. The topological polar surface area (TPSA) is 61.3 Å². The summed E-state index contributed by atoms with van der Waals surface area (Å²) in [4.78, 5) is 0. The fraction of sp³-hybridized carbons (Fsp3) is 0.400. The number of nitrogens with two attached hydrogens (primary N) is 1. The molecule has 0 bridgehead atoms. The Labute approximate surface area is 112 Å². The zero-order valence-corrected chi connectivity index (χ0v) is 11.3. The highest BCUT2D eigenvalue weighted by Gasteiger charge is 2.27. The van der Waals surface area contributed by atoms with E-state index in [9.17, 15) is 0 Å². The van der Waals surface area contributed by atoms with Crippen molar-refractivity contribution in [2.75, 3.05) is 12.8 Å². The Hall–Kier alpha value is -1.97. The van der Waals surface area contributed by atoms with Crippen LogP contribution in [0.15, 0.2) is 22.7 Å². The second-order valence-corrected chi connectivity index (χ2v) is 5.22. The van der Waals surface area contributed by atoms with Gasteiger partial charge in [-0.2, -0.15) is 0 Å². The standard InChI is InChI=1S/C15H18N2O2/c1-9-3-6-12(18-2)11(7-9)14-13(8-10-4-5-10)19-17-15(14)16/h3,6-7,10H,4-5,8H2,1-2H3,(H2,16,17). The van der Waals surface area contributed by atoms with Crippen molar-refractivity contribution in [3.05, 3.63) is 29.5 Å². The van der Waals surface area contributed by atoms with Crippen molar-refractivity contribution in [1.29, 1.82) is 0 Å². The fourth-order valence-corrected chi connectivity index (χ4v) is 2.37. The van der Waals surface area contributed by atoms with E-state index < -0.39 is 0 Å². The highest BCUT2D eigenvalue weighted by molar-refractivity contribution is 5.80. The number of nitrogen functional groups attached to an aromatic ring is 1. The molecule has 2 N–H and O–H groups in total. The van der Waals surface area contributed by atoms with Gasteiger partial charge in [0.1, 0.15) is 11.5 Å².